The van der Waals surface area contributed by atoms with Crippen molar-refractivity contribution in [2.24, 2.45) is 11.5 Å². The van der Waals surface area contributed by atoms with Crippen molar-refractivity contribution in [1.29, 1.82) is 0 Å². The molecule has 0 aromatic heterocycles. The number of hydrogen-bond donors (Lipinski definition) is 6. The van der Waals surface area contributed by atoms with Gasteiger partial charge in [0.25, 0.3) is 0 Å². The summed E-state index contributed by atoms with van der Waals surface area (Å²) in [4.78, 5) is 68.0. The Morgan fingerprint density at radius 3 is 1.52 bits per heavy atom. The smallest absolute Gasteiger partial charge is 0.328 e. The number of ether oxygens (including phenoxy) is 2. The summed E-state index contributed by atoms with van der Waals surface area (Å²) in [7, 11) is 2.39. The fourth-order valence-electron chi connectivity index (χ4n) is 3.43. The monoisotopic (exact) mass is 588 g/mol. The maximum Gasteiger partial charge on any atom is 0.328 e. The van der Waals surface area contributed by atoms with Crippen LogP contribution in [-0.4, -0.2) is 84.3 Å². The molecule has 4 atom stereocenters. The van der Waals surface area contributed by atoms with Gasteiger partial charge in [0, 0.05) is 12.8 Å². The van der Waals surface area contributed by atoms with Gasteiger partial charge in [0.2, 0.25) is 11.8 Å². The number of amides is 2. The average molecular weight is 589 g/mol. The number of carbonyl (C=O) groups is 6. The fraction of sp³-hybridized carbons (Fsp3) is 0.357. The molecule has 0 radical (unpaired) electrons. The molecule has 0 saturated carbocycles. The largest absolute Gasteiger partial charge is 0.481 e. The minimum atomic E-state index is -1.22. The number of carboxylic acids is 2. The molecule has 8 N–H and O–H groups in total. The highest BCUT2D eigenvalue weighted by atomic mass is 16.5. The third-order valence-electron chi connectivity index (χ3n) is 5.66. The van der Waals surface area contributed by atoms with Crippen molar-refractivity contribution in [3.8, 4) is 0 Å². The van der Waals surface area contributed by atoms with Crippen LogP contribution in [-0.2, 0) is 51.1 Å². The topological polar surface area (TPSA) is 237 Å². The molecule has 2 rings (SSSR count). The summed E-state index contributed by atoms with van der Waals surface area (Å²) < 4.78 is 9.04. The van der Waals surface area contributed by atoms with Crippen LogP contribution < -0.4 is 22.1 Å². The van der Waals surface area contributed by atoms with Gasteiger partial charge >= 0.3 is 23.9 Å². The third kappa shape index (κ3) is 13.5. The molecule has 0 fully saturated rings. The molecule has 2 aromatic rings. The highest BCUT2D eigenvalue weighted by molar-refractivity contribution is 5.90. The Morgan fingerprint density at radius 1 is 0.690 bits per heavy atom. The lowest BCUT2D eigenvalue weighted by Crippen LogP contribution is -2.50. The molecule has 14 nitrogen and oxygen atoms in total. The van der Waals surface area contributed by atoms with Crippen LogP contribution in [0.15, 0.2) is 60.7 Å². The predicted molar refractivity (Wildman–Crippen MR) is 149 cm³/mol. The van der Waals surface area contributed by atoms with Crippen LogP contribution >= 0.6 is 0 Å². The molecule has 2 amide bonds. The molecular weight excluding hydrogens is 552 g/mol. The number of nitrogens with one attached hydrogen (secondary N) is 2. The van der Waals surface area contributed by atoms with Crippen molar-refractivity contribution in [2.75, 3.05) is 14.2 Å². The Hall–Kier alpha value is -4.82. The second-order valence-electron chi connectivity index (χ2n) is 8.95. The summed E-state index contributed by atoms with van der Waals surface area (Å²) in [6.45, 7) is 0. The Bertz CT molecular complexity index is 1190. The van der Waals surface area contributed by atoms with E-state index in [-0.39, 0.29) is 19.3 Å². The number of carbonyl (C=O) groups excluding carboxylic acids is 4. The first kappa shape index (κ1) is 35.2. The van der Waals surface area contributed by atoms with Gasteiger partial charge in [-0.05, 0) is 11.1 Å². The molecule has 4 unspecified atom stereocenters. The van der Waals surface area contributed by atoms with Crippen molar-refractivity contribution in [3.05, 3.63) is 71.8 Å². The van der Waals surface area contributed by atoms with E-state index in [0.29, 0.717) is 0 Å². The third-order valence-corrected chi connectivity index (χ3v) is 5.66. The van der Waals surface area contributed by atoms with E-state index in [1.54, 1.807) is 36.4 Å². The lowest BCUT2D eigenvalue weighted by molar-refractivity contribution is -0.145. The summed E-state index contributed by atoms with van der Waals surface area (Å²) >= 11 is 0. The second kappa shape index (κ2) is 18.5. The number of hydrogen-bond acceptors (Lipinski definition) is 10. The van der Waals surface area contributed by atoms with Gasteiger partial charge in [-0.25, -0.2) is 9.59 Å². The van der Waals surface area contributed by atoms with Gasteiger partial charge in [-0.1, -0.05) is 60.7 Å². The first-order chi connectivity index (χ1) is 19.9. The van der Waals surface area contributed by atoms with Gasteiger partial charge < -0.3 is 41.8 Å². The van der Waals surface area contributed by atoms with Gasteiger partial charge in [0.1, 0.15) is 12.1 Å². The van der Waals surface area contributed by atoms with E-state index in [1.165, 1.54) is 14.2 Å². The molecule has 2 aromatic carbocycles. The quantitative estimate of drug-likeness (QED) is 0.151. The molecule has 0 aliphatic heterocycles. The highest BCUT2D eigenvalue weighted by Gasteiger charge is 2.26. The molecule has 0 bridgehead atoms. The number of rotatable bonds is 14. The van der Waals surface area contributed by atoms with Crippen molar-refractivity contribution in [1.82, 2.24) is 10.6 Å². The molecule has 14 heteroatoms. The van der Waals surface area contributed by atoms with Gasteiger partial charge in [0.15, 0.2) is 0 Å². The number of nitrogens with two attached hydrogens (primary N) is 2. The van der Waals surface area contributed by atoms with E-state index < -0.39 is 66.3 Å². The summed E-state index contributed by atoms with van der Waals surface area (Å²) in [6, 6.07) is 13.6. The Morgan fingerprint density at radius 2 is 1.12 bits per heavy atom. The SMILES string of the molecule is COC(=O)C(Cc1ccccc1)NC(=O)C(N)CC(=O)O.COC(=O)CC(N)C(=O)NC(Cc1ccccc1)C(=O)O. The van der Waals surface area contributed by atoms with Gasteiger partial charge in [-0.15, -0.1) is 0 Å². The normalized spacial score (nSPS) is 13.0. The maximum atomic E-state index is 11.8. The maximum absolute atomic E-state index is 11.8. The molecule has 0 aliphatic rings. The lowest BCUT2D eigenvalue weighted by Gasteiger charge is -2.18. The average Bonchev–Trinajstić information content (AvgIpc) is 2.96. The molecule has 0 aliphatic carbocycles. The summed E-state index contributed by atoms with van der Waals surface area (Å²) in [6.07, 6.45) is -0.447. The van der Waals surface area contributed by atoms with E-state index in [0.717, 1.165) is 11.1 Å². The van der Waals surface area contributed by atoms with Crippen LogP contribution in [0.4, 0.5) is 0 Å². The molecule has 42 heavy (non-hydrogen) atoms. The molecule has 0 heterocycles. The van der Waals surface area contributed by atoms with Crippen molar-refractivity contribution >= 4 is 35.7 Å². The highest BCUT2D eigenvalue weighted by Crippen LogP contribution is 2.06. The van der Waals surface area contributed by atoms with Crippen LogP contribution in [0.5, 0.6) is 0 Å². The zero-order valence-electron chi connectivity index (χ0n) is 23.2. The zero-order valence-corrected chi connectivity index (χ0v) is 23.2. The Labute approximate surface area is 242 Å². The van der Waals surface area contributed by atoms with Crippen molar-refractivity contribution in [3.63, 3.8) is 0 Å². The minimum Gasteiger partial charge on any atom is -0.481 e. The molecule has 0 spiro atoms. The van der Waals surface area contributed by atoms with E-state index in [4.69, 9.17) is 21.7 Å². The standard InChI is InChI=1S/2C14H18N2O5/c1-21-12(17)8-10(15)13(18)16-11(14(19)20)7-9-5-3-2-4-6-9;1-21-14(20)11(7-9-5-3-2-4-6-9)16-13(19)10(15)8-12(17)18/h2-6,10-11H,7-8,15H2,1H3,(H,16,18)(H,19,20);2-6,10-11H,7-8,15H2,1H3,(H,16,19)(H,17,18). The minimum absolute atomic E-state index is 0.132. The summed E-state index contributed by atoms with van der Waals surface area (Å²) in [5.41, 5.74) is 12.6. The van der Waals surface area contributed by atoms with Gasteiger partial charge in [-0.2, -0.15) is 0 Å². The van der Waals surface area contributed by atoms with Crippen molar-refractivity contribution in [2.45, 2.75) is 49.9 Å². The van der Waals surface area contributed by atoms with Crippen LogP contribution in [0.1, 0.15) is 24.0 Å². The second-order valence-corrected chi connectivity index (χ2v) is 8.95. The zero-order chi connectivity index (χ0) is 31.7. The molecular formula is C28H36N4O10. The number of methoxy groups -OCH3 is 2. The number of esters is 2. The van der Waals surface area contributed by atoms with Gasteiger partial charge in [-0.3, -0.25) is 19.2 Å². The first-order valence-corrected chi connectivity index (χ1v) is 12.7. The van der Waals surface area contributed by atoms with E-state index in [1.807, 2.05) is 24.3 Å². The fourth-order valence-corrected chi connectivity index (χ4v) is 3.43. The van der Waals surface area contributed by atoms with E-state index in [2.05, 4.69) is 20.1 Å². The summed E-state index contributed by atoms with van der Waals surface area (Å²) in [5, 5.41) is 22.5. The van der Waals surface area contributed by atoms with E-state index in [9.17, 15) is 28.8 Å². The van der Waals surface area contributed by atoms with E-state index >= 15 is 0 Å². The number of aliphatic carboxylic acids is 2. The number of benzene rings is 2. The van der Waals surface area contributed by atoms with Crippen LogP contribution in [0.3, 0.4) is 0 Å². The van der Waals surface area contributed by atoms with Crippen LogP contribution in [0.2, 0.25) is 0 Å². The molecule has 228 valence electrons. The van der Waals surface area contributed by atoms with Gasteiger partial charge in [0.05, 0.1) is 39.1 Å². The van der Waals surface area contributed by atoms with Crippen molar-refractivity contribution < 1.29 is 48.5 Å². The predicted octanol–water partition coefficient (Wildman–Crippen LogP) is -0.622. The van der Waals surface area contributed by atoms with Crippen LogP contribution in [0.25, 0.3) is 0 Å². The summed E-state index contributed by atoms with van der Waals surface area (Å²) in [5.74, 6) is -5.01. The lowest BCUT2D eigenvalue weighted by atomic mass is 10.1. The molecule has 0 saturated heterocycles. The van der Waals surface area contributed by atoms with Crippen LogP contribution in [0, 0.1) is 0 Å². The number of carboxylic acid groups (broad SMARTS) is 2. The Kier molecular flexibility index (Phi) is 15.5. The first-order valence-electron chi connectivity index (χ1n) is 12.7. The Balaban J connectivity index is 0.000000420.